The molecule has 14 heavy (non-hydrogen) atoms. The molecule has 0 aliphatic carbocycles. The third-order valence-corrected chi connectivity index (χ3v) is 2.29. The van der Waals surface area contributed by atoms with Gasteiger partial charge in [0.2, 0.25) is 11.8 Å². The Labute approximate surface area is 83.8 Å². The Morgan fingerprint density at radius 3 is 2.86 bits per heavy atom. The van der Waals surface area contributed by atoms with Gasteiger partial charge in [0.05, 0.1) is 0 Å². The maximum atomic E-state index is 11.6. The van der Waals surface area contributed by atoms with Gasteiger partial charge in [0, 0.05) is 12.6 Å². The maximum absolute atomic E-state index is 11.6. The fourth-order valence-electron chi connectivity index (χ4n) is 1.56. The SMILES string of the molecule is CCCC(=O)N1C=CCCC1C(N)=O. The maximum Gasteiger partial charge on any atom is 0.240 e. The summed E-state index contributed by atoms with van der Waals surface area (Å²) in [5, 5.41) is 0. The predicted octanol–water partition coefficient (Wildman–Crippen LogP) is 0.776. The summed E-state index contributed by atoms with van der Waals surface area (Å²) < 4.78 is 0. The summed E-state index contributed by atoms with van der Waals surface area (Å²) in [5.74, 6) is -0.439. The number of carbonyl (C=O) groups excluding carboxylic acids is 2. The van der Waals surface area contributed by atoms with Crippen LogP contribution in [0.25, 0.3) is 0 Å². The van der Waals surface area contributed by atoms with Gasteiger partial charge < -0.3 is 10.6 Å². The first-order valence-corrected chi connectivity index (χ1v) is 4.94. The molecule has 2 N–H and O–H groups in total. The van der Waals surface area contributed by atoms with Crippen LogP contribution in [0.3, 0.4) is 0 Å². The Morgan fingerprint density at radius 2 is 2.29 bits per heavy atom. The average Bonchev–Trinajstić information content (AvgIpc) is 2.18. The molecule has 0 aromatic heterocycles. The Bertz CT molecular complexity index is 261. The first-order chi connectivity index (χ1) is 6.66. The van der Waals surface area contributed by atoms with Crippen LogP contribution in [0.2, 0.25) is 0 Å². The minimum atomic E-state index is -0.445. The Kier molecular flexibility index (Phi) is 3.68. The highest BCUT2D eigenvalue weighted by Crippen LogP contribution is 2.16. The van der Waals surface area contributed by atoms with Gasteiger partial charge in [0.1, 0.15) is 6.04 Å². The molecule has 2 amide bonds. The van der Waals surface area contributed by atoms with E-state index >= 15 is 0 Å². The zero-order valence-electron chi connectivity index (χ0n) is 8.40. The van der Waals surface area contributed by atoms with E-state index in [1.807, 2.05) is 13.0 Å². The molecule has 1 aliphatic rings. The van der Waals surface area contributed by atoms with Crippen molar-refractivity contribution in [2.45, 2.75) is 38.6 Å². The van der Waals surface area contributed by atoms with Gasteiger partial charge in [-0.2, -0.15) is 0 Å². The molecule has 0 spiro atoms. The summed E-state index contributed by atoms with van der Waals surface area (Å²) in [6.07, 6.45) is 6.28. The number of hydrogen-bond acceptors (Lipinski definition) is 2. The topological polar surface area (TPSA) is 63.4 Å². The highest BCUT2D eigenvalue weighted by Gasteiger charge is 2.27. The number of carbonyl (C=O) groups is 2. The fraction of sp³-hybridized carbons (Fsp3) is 0.600. The minimum Gasteiger partial charge on any atom is -0.368 e. The molecule has 0 aromatic carbocycles. The molecule has 1 aliphatic heterocycles. The molecular formula is C10H16N2O2. The van der Waals surface area contributed by atoms with Crippen LogP contribution < -0.4 is 5.73 Å². The van der Waals surface area contributed by atoms with Gasteiger partial charge in [-0.1, -0.05) is 13.0 Å². The molecule has 4 nitrogen and oxygen atoms in total. The van der Waals surface area contributed by atoms with Crippen molar-refractivity contribution in [3.8, 4) is 0 Å². The van der Waals surface area contributed by atoms with Crippen LogP contribution in [-0.2, 0) is 9.59 Å². The van der Waals surface area contributed by atoms with E-state index in [0.29, 0.717) is 12.8 Å². The van der Waals surface area contributed by atoms with Crippen molar-refractivity contribution in [3.63, 3.8) is 0 Å². The third-order valence-electron chi connectivity index (χ3n) is 2.29. The number of nitrogens with zero attached hydrogens (tertiary/aromatic N) is 1. The van der Waals surface area contributed by atoms with Gasteiger partial charge >= 0.3 is 0 Å². The molecule has 0 saturated carbocycles. The number of hydrogen-bond donors (Lipinski definition) is 1. The number of nitrogens with two attached hydrogens (primary N) is 1. The lowest BCUT2D eigenvalue weighted by molar-refractivity contribution is -0.136. The molecule has 1 heterocycles. The number of amides is 2. The monoisotopic (exact) mass is 196 g/mol. The van der Waals surface area contributed by atoms with E-state index in [4.69, 9.17) is 5.73 Å². The quantitative estimate of drug-likeness (QED) is 0.724. The molecule has 0 saturated heterocycles. The summed E-state index contributed by atoms with van der Waals surface area (Å²) in [4.78, 5) is 24.1. The molecular weight excluding hydrogens is 180 g/mol. The van der Waals surface area contributed by atoms with Crippen LogP contribution >= 0.6 is 0 Å². The average molecular weight is 196 g/mol. The number of rotatable bonds is 3. The van der Waals surface area contributed by atoms with Crippen LogP contribution in [-0.4, -0.2) is 22.8 Å². The lowest BCUT2D eigenvalue weighted by Crippen LogP contribution is -2.46. The molecule has 0 bridgehead atoms. The first kappa shape index (κ1) is 10.8. The first-order valence-electron chi connectivity index (χ1n) is 4.94. The van der Waals surface area contributed by atoms with Crippen molar-refractivity contribution < 1.29 is 9.59 Å². The Morgan fingerprint density at radius 1 is 1.57 bits per heavy atom. The summed E-state index contributed by atoms with van der Waals surface area (Å²) >= 11 is 0. The Balaban J connectivity index is 2.71. The van der Waals surface area contributed by atoms with E-state index in [9.17, 15) is 9.59 Å². The minimum absolute atomic E-state index is 0.0211. The molecule has 0 aromatic rings. The smallest absolute Gasteiger partial charge is 0.240 e. The van der Waals surface area contributed by atoms with Crippen LogP contribution in [0.15, 0.2) is 12.3 Å². The van der Waals surface area contributed by atoms with Gasteiger partial charge in [0.15, 0.2) is 0 Å². The third kappa shape index (κ3) is 2.34. The van der Waals surface area contributed by atoms with E-state index in [-0.39, 0.29) is 5.91 Å². The van der Waals surface area contributed by atoms with Crippen LogP contribution in [0.5, 0.6) is 0 Å². The summed E-state index contributed by atoms with van der Waals surface area (Å²) in [7, 11) is 0. The summed E-state index contributed by atoms with van der Waals surface area (Å²) in [5.41, 5.74) is 5.22. The molecule has 0 radical (unpaired) electrons. The molecule has 1 unspecified atom stereocenters. The van der Waals surface area contributed by atoms with Gasteiger partial charge in [-0.3, -0.25) is 9.59 Å². The predicted molar refractivity (Wildman–Crippen MR) is 53.1 cm³/mol. The van der Waals surface area contributed by atoms with Crippen molar-refractivity contribution in [1.29, 1.82) is 0 Å². The van der Waals surface area contributed by atoms with Crippen molar-refractivity contribution >= 4 is 11.8 Å². The lowest BCUT2D eigenvalue weighted by Gasteiger charge is -2.29. The lowest BCUT2D eigenvalue weighted by atomic mass is 10.1. The number of primary amides is 1. The molecule has 1 atom stereocenters. The van der Waals surface area contributed by atoms with Crippen molar-refractivity contribution in [1.82, 2.24) is 4.90 Å². The van der Waals surface area contributed by atoms with Gasteiger partial charge in [0.25, 0.3) is 0 Å². The standard InChI is InChI=1S/C10H16N2O2/c1-2-5-9(13)12-7-4-3-6-8(12)10(11)14/h4,7-8H,2-3,5-6H2,1H3,(H2,11,14). The van der Waals surface area contributed by atoms with E-state index in [0.717, 1.165) is 12.8 Å². The Hall–Kier alpha value is -1.32. The van der Waals surface area contributed by atoms with E-state index in [1.165, 1.54) is 4.90 Å². The molecule has 0 fully saturated rings. The van der Waals surface area contributed by atoms with E-state index in [2.05, 4.69) is 0 Å². The summed E-state index contributed by atoms with van der Waals surface area (Å²) in [6, 6.07) is -0.445. The van der Waals surface area contributed by atoms with Crippen LogP contribution in [0.4, 0.5) is 0 Å². The van der Waals surface area contributed by atoms with E-state index < -0.39 is 11.9 Å². The second-order valence-corrected chi connectivity index (χ2v) is 3.43. The van der Waals surface area contributed by atoms with Gasteiger partial charge in [-0.25, -0.2) is 0 Å². The zero-order valence-corrected chi connectivity index (χ0v) is 8.40. The van der Waals surface area contributed by atoms with Gasteiger partial charge in [-0.05, 0) is 19.3 Å². The normalized spacial score (nSPS) is 20.9. The number of allylic oxidation sites excluding steroid dienone is 1. The molecule has 1 rings (SSSR count). The second-order valence-electron chi connectivity index (χ2n) is 3.43. The fourth-order valence-corrected chi connectivity index (χ4v) is 1.56. The highest BCUT2D eigenvalue weighted by atomic mass is 16.2. The second kappa shape index (κ2) is 4.79. The van der Waals surface area contributed by atoms with Gasteiger partial charge in [-0.15, -0.1) is 0 Å². The zero-order chi connectivity index (χ0) is 10.6. The summed E-state index contributed by atoms with van der Waals surface area (Å²) in [6.45, 7) is 1.94. The van der Waals surface area contributed by atoms with Crippen molar-refractivity contribution in [2.75, 3.05) is 0 Å². The largest absolute Gasteiger partial charge is 0.368 e. The molecule has 78 valence electrons. The van der Waals surface area contributed by atoms with Crippen molar-refractivity contribution in [2.24, 2.45) is 5.73 Å². The molecule has 4 heteroatoms. The van der Waals surface area contributed by atoms with E-state index in [1.54, 1.807) is 6.20 Å². The van der Waals surface area contributed by atoms with Crippen LogP contribution in [0.1, 0.15) is 32.6 Å². The highest BCUT2D eigenvalue weighted by molar-refractivity contribution is 5.87. The van der Waals surface area contributed by atoms with Crippen molar-refractivity contribution in [3.05, 3.63) is 12.3 Å². The van der Waals surface area contributed by atoms with Crippen LogP contribution in [0, 0.1) is 0 Å².